The van der Waals surface area contributed by atoms with Crippen molar-refractivity contribution in [3.8, 4) is 11.4 Å². The second-order valence-electron chi connectivity index (χ2n) is 9.14. The first-order chi connectivity index (χ1) is 19.0. The average Bonchev–Trinajstić information content (AvgIpc) is 3.38. The number of benzene rings is 2. The summed E-state index contributed by atoms with van der Waals surface area (Å²) in [4.78, 5) is 61.5. The summed E-state index contributed by atoms with van der Waals surface area (Å²) >= 11 is 0. The monoisotopic (exact) mass is 551 g/mol. The lowest BCUT2D eigenvalue weighted by atomic mass is 10.0. The van der Waals surface area contributed by atoms with Crippen LogP contribution in [-0.4, -0.2) is 67.1 Å². The van der Waals surface area contributed by atoms with Gasteiger partial charge in [0, 0.05) is 11.1 Å². The lowest BCUT2D eigenvalue weighted by Gasteiger charge is -2.19. The number of aliphatic carboxylic acids is 1. The van der Waals surface area contributed by atoms with Crippen LogP contribution in [0.25, 0.3) is 11.4 Å². The highest BCUT2D eigenvalue weighted by Gasteiger charge is 2.26. The smallest absolute Gasteiger partial charge is 0.408 e. The second-order valence-corrected chi connectivity index (χ2v) is 9.14. The number of aromatic nitrogens is 4. The first-order valence-electron chi connectivity index (χ1n) is 12.2. The molecule has 0 saturated heterocycles. The number of carbonyl (C=O) groups excluding carboxylic acids is 4. The molecule has 210 valence electrons. The van der Waals surface area contributed by atoms with E-state index in [2.05, 4.69) is 26.0 Å². The molecule has 0 aliphatic rings. The van der Waals surface area contributed by atoms with Gasteiger partial charge in [-0.05, 0) is 28.8 Å². The van der Waals surface area contributed by atoms with Crippen LogP contribution < -0.4 is 16.4 Å². The fraction of sp³-hybridized carbons (Fsp3) is 0.308. The molecule has 2 aromatic carbocycles. The highest BCUT2D eigenvalue weighted by atomic mass is 16.5. The van der Waals surface area contributed by atoms with Crippen LogP contribution in [0.3, 0.4) is 0 Å². The zero-order valence-corrected chi connectivity index (χ0v) is 21.8. The van der Waals surface area contributed by atoms with Crippen molar-refractivity contribution in [3.63, 3.8) is 0 Å². The number of alkyl carbamates (subject to hydrolysis) is 1. The number of carboxylic acid groups (broad SMARTS) is 1. The number of hydrogen-bond acceptors (Lipinski definition) is 9. The first-order valence-corrected chi connectivity index (χ1v) is 12.2. The van der Waals surface area contributed by atoms with Gasteiger partial charge in [-0.3, -0.25) is 19.2 Å². The number of carbonyl (C=O) groups is 5. The molecule has 0 radical (unpaired) electrons. The largest absolute Gasteiger partial charge is 0.481 e. The summed E-state index contributed by atoms with van der Waals surface area (Å²) in [5.74, 6) is -3.31. The molecular formula is C26H29N7O7. The SMILES string of the molecule is CC(C)C(NC(=O)c1cccc(-c2nnn(CC(=O)C(CC(=O)O)NC(=O)OCc3ccccc3)n2)c1)C(N)=O. The van der Waals surface area contributed by atoms with Gasteiger partial charge >= 0.3 is 12.1 Å². The molecule has 5 N–H and O–H groups in total. The maximum absolute atomic E-state index is 12.8. The van der Waals surface area contributed by atoms with Gasteiger partial charge < -0.3 is 26.2 Å². The van der Waals surface area contributed by atoms with Gasteiger partial charge in [0.05, 0.1) is 6.42 Å². The third-order valence-corrected chi connectivity index (χ3v) is 5.67. The number of Topliss-reactive ketones (excluding diaryl/α,β-unsaturated/α-hetero) is 1. The van der Waals surface area contributed by atoms with Crippen molar-refractivity contribution in [1.82, 2.24) is 30.8 Å². The summed E-state index contributed by atoms with van der Waals surface area (Å²) in [6, 6.07) is 12.8. The van der Waals surface area contributed by atoms with Crippen molar-refractivity contribution < 1.29 is 33.8 Å². The zero-order valence-electron chi connectivity index (χ0n) is 21.8. The van der Waals surface area contributed by atoms with Crippen LogP contribution in [-0.2, 0) is 32.3 Å². The lowest BCUT2D eigenvalue weighted by molar-refractivity contribution is -0.139. The minimum absolute atomic E-state index is 0.0631. The summed E-state index contributed by atoms with van der Waals surface area (Å²) in [5.41, 5.74) is 6.70. The number of nitrogens with two attached hydrogens (primary N) is 1. The van der Waals surface area contributed by atoms with E-state index in [1.165, 1.54) is 12.1 Å². The molecule has 3 rings (SSSR count). The molecule has 1 heterocycles. The normalized spacial score (nSPS) is 12.3. The molecule has 0 bridgehead atoms. The Hall–Kier alpha value is -5.14. The Bertz CT molecular complexity index is 1370. The Balaban J connectivity index is 1.66. The fourth-order valence-corrected chi connectivity index (χ4v) is 3.59. The van der Waals surface area contributed by atoms with E-state index in [0.29, 0.717) is 11.1 Å². The Kier molecular flexibility index (Phi) is 10.00. The summed E-state index contributed by atoms with van der Waals surface area (Å²) in [6.45, 7) is 2.95. The summed E-state index contributed by atoms with van der Waals surface area (Å²) in [6.07, 6.45) is -1.64. The maximum atomic E-state index is 12.8. The zero-order chi connectivity index (χ0) is 29.2. The minimum Gasteiger partial charge on any atom is -0.481 e. The van der Waals surface area contributed by atoms with Crippen molar-refractivity contribution in [3.05, 3.63) is 65.7 Å². The maximum Gasteiger partial charge on any atom is 0.408 e. The van der Waals surface area contributed by atoms with Gasteiger partial charge in [0.2, 0.25) is 11.7 Å². The Morgan fingerprint density at radius 3 is 2.40 bits per heavy atom. The number of carboxylic acids is 1. The van der Waals surface area contributed by atoms with Gasteiger partial charge in [0.25, 0.3) is 5.91 Å². The van der Waals surface area contributed by atoms with Crippen LogP contribution in [0, 0.1) is 5.92 Å². The Labute approximate surface area is 228 Å². The molecule has 0 aliphatic heterocycles. The van der Waals surface area contributed by atoms with Gasteiger partial charge in [0.15, 0.2) is 5.78 Å². The van der Waals surface area contributed by atoms with Crippen LogP contribution in [0.2, 0.25) is 0 Å². The van der Waals surface area contributed by atoms with E-state index in [-0.39, 0.29) is 23.9 Å². The molecule has 3 amide bonds. The molecule has 2 unspecified atom stereocenters. The Morgan fingerprint density at radius 1 is 1.02 bits per heavy atom. The van der Waals surface area contributed by atoms with E-state index >= 15 is 0 Å². The fourth-order valence-electron chi connectivity index (χ4n) is 3.59. The van der Waals surface area contributed by atoms with Crippen molar-refractivity contribution in [1.29, 1.82) is 0 Å². The predicted molar refractivity (Wildman–Crippen MR) is 139 cm³/mol. The third-order valence-electron chi connectivity index (χ3n) is 5.67. The van der Waals surface area contributed by atoms with Crippen LogP contribution in [0.4, 0.5) is 4.79 Å². The summed E-state index contributed by atoms with van der Waals surface area (Å²) in [7, 11) is 0. The van der Waals surface area contributed by atoms with Crippen LogP contribution in [0.15, 0.2) is 54.6 Å². The van der Waals surface area contributed by atoms with Crippen molar-refractivity contribution >= 4 is 29.7 Å². The number of ether oxygens (including phenoxy) is 1. The van der Waals surface area contributed by atoms with E-state index in [0.717, 1.165) is 4.80 Å². The van der Waals surface area contributed by atoms with E-state index in [1.54, 1.807) is 56.3 Å². The van der Waals surface area contributed by atoms with Crippen molar-refractivity contribution in [2.45, 2.75) is 45.5 Å². The molecule has 0 saturated carbocycles. The number of nitrogens with one attached hydrogen (secondary N) is 2. The predicted octanol–water partition coefficient (Wildman–Crippen LogP) is 0.919. The van der Waals surface area contributed by atoms with E-state index in [4.69, 9.17) is 10.5 Å². The number of primary amides is 1. The molecule has 14 nitrogen and oxygen atoms in total. The Morgan fingerprint density at radius 2 is 1.75 bits per heavy atom. The summed E-state index contributed by atoms with van der Waals surface area (Å²) < 4.78 is 5.08. The number of hydrogen-bond donors (Lipinski definition) is 4. The summed E-state index contributed by atoms with van der Waals surface area (Å²) in [5, 5.41) is 25.9. The number of tetrazole rings is 1. The van der Waals surface area contributed by atoms with Crippen molar-refractivity contribution in [2.75, 3.05) is 0 Å². The van der Waals surface area contributed by atoms with E-state index in [9.17, 15) is 29.1 Å². The van der Waals surface area contributed by atoms with Gasteiger partial charge in [-0.1, -0.05) is 56.3 Å². The number of nitrogens with zero attached hydrogens (tertiary/aromatic N) is 4. The highest BCUT2D eigenvalue weighted by Crippen LogP contribution is 2.16. The quantitative estimate of drug-likeness (QED) is 0.236. The molecule has 1 aromatic heterocycles. The van der Waals surface area contributed by atoms with Crippen LogP contribution in [0.1, 0.15) is 36.2 Å². The molecule has 14 heteroatoms. The highest BCUT2D eigenvalue weighted by molar-refractivity contribution is 5.98. The molecule has 3 aromatic rings. The molecule has 40 heavy (non-hydrogen) atoms. The third kappa shape index (κ3) is 8.44. The van der Waals surface area contributed by atoms with Crippen LogP contribution >= 0.6 is 0 Å². The molecule has 0 fully saturated rings. The van der Waals surface area contributed by atoms with Gasteiger partial charge in [0.1, 0.15) is 25.2 Å². The van der Waals surface area contributed by atoms with E-state index < -0.39 is 54.7 Å². The van der Waals surface area contributed by atoms with Crippen molar-refractivity contribution in [2.24, 2.45) is 11.7 Å². The van der Waals surface area contributed by atoms with Gasteiger partial charge in [-0.25, -0.2) is 4.79 Å². The molecular weight excluding hydrogens is 522 g/mol. The number of amides is 3. The standard InChI is InChI=1S/C26H29N7O7/c1-15(2)22(23(27)37)29-25(38)18-10-6-9-17(11-18)24-30-32-33(31-24)13-20(34)19(12-21(35)36)28-26(39)40-14-16-7-4-3-5-8-16/h3-11,15,19,22H,12-14H2,1-2H3,(H2,27,37)(H,28,39)(H,29,38)(H,35,36). The number of ketones is 1. The number of rotatable bonds is 13. The molecule has 0 spiro atoms. The first kappa shape index (κ1) is 29.4. The molecule has 0 aliphatic carbocycles. The van der Waals surface area contributed by atoms with Gasteiger partial charge in [-0.2, -0.15) is 4.80 Å². The van der Waals surface area contributed by atoms with E-state index in [1.807, 2.05) is 0 Å². The average molecular weight is 552 g/mol. The van der Waals surface area contributed by atoms with Gasteiger partial charge in [-0.15, -0.1) is 10.2 Å². The molecule has 2 atom stereocenters. The second kappa shape index (κ2) is 13.6. The topological polar surface area (TPSA) is 208 Å². The van der Waals surface area contributed by atoms with Crippen LogP contribution in [0.5, 0.6) is 0 Å². The minimum atomic E-state index is -1.40. The lowest BCUT2D eigenvalue weighted by Crippen LogP contribution is -2.47.